The molecule has 5 rings (SSSR count). The van der Waals surface area contributed by atoms with Gasteiger partial charge in [0.1, 0.15) is 12.5 Å². The Balaban J connectivity index is 1.36. The summed E-state index contributed by atoms with van der Waals surface area (Å²) in [6.07, 6.45) is 1.83. The van der Waals surface area contributed by atoms with Gasteiger partial charge in [0.15, 0.2) is 11.5 Å². The van der Waals surface area contributed by atoms with Crippen molar-refractivity contribution in [3.63, 3.8) is 0 Å². The van der Waals surface area contributed by atoms with E-state index in [1.807, 2.05) is 48.5 Å². The molecular formula is C26H21NO6. The second kappa shape index (κ2) is 8.70. The molecule has 1 unspecified atom stereocenters. The molecule has 0 aliphatic carbocycles. The average Bonchev–Trinajstić information content (AvgIpc) is 3.45. The summed E-state index contributed by atoms with van der Waals surface area (Å²) in [5.74, 6) is -1.03. The summed E-state index contributed by atoms with van der Waals surface area (Å²) in [4.78, 5) is 27.6. The first kappa shape index (κ1) is 20.6. The number of ether oxygens (including phenoxy) is 3. The molecule has 2 N–H and O–H groups in total. The fourth-order valence-corrected chi connectivity index (χ4v) is 4.05. The lowest BCUT2D eigenvalue weighted by Gasteiger charge is -2.13. The van der Waals surface area contributed by atoms with E-state index in [2.05, 4.69) is 4.98 Å². The van der Waals surface area contributed by atoms with Crippen LogP contribution < -0.4 is 9.47 Å². The van der Waals surface area contributed by atoms with Crippen LogP contribution in [-0.2, 0) is 27.4 Å². The molecule has 1 aliphatic heterocycles. The molecule has 7 nitrogen and oxygen atoms in total. The van der Waals surface area contributed by atoms with Crippen LogP contribution in [0.3, 0.4) is 0 Å². The summed E-state index contributed by atoms with van der Waals surface area (Å²) < 4.78 is 16.1. The molecule has 0 amide bonds. The molecule has 1 atom stereocenters. The van der Waals surface area contributed by atoms with Gasteiger partial charge in [-0.1, -0.05) is 48.5 Å². The van der Waals surface area contributed by atoms with Crippen molar-refractivity contribution in [3.05, 3.63) is 95.2 Å². The van der Waals surface area contributed by atoms with Gasteiger partial charge >= 0.3 is 11.9 Å². The van der Waals surface area contributed by atoms with Crippen molar-refractivity contribution < 1.29 is 28.9 Å². The van der Waals surface area contributed by atoms with Crippen LogP contribution in [0.5, 0.6) is 11.5 Å². The number of carbonyl (C=O) groups excluding carboxylic acids is 1. The van der Waals surface area contributed by atoms with Gasteiger partial charge in [-0.2, -0.15) is 0 Å². The second-order valence-electron chi connectivity index (χ2n) is 7.83. The molecule has 2 heterocycles. The lowest BCUT2D eigenvalue weighted by molar-refractivity contribution is -0.144. The summed E-state index contributed by atoms with van der Waals surface area (Å²) in [6.45, 7) is 0.352. The van der Waals surface area contributed by atoms with Crippen LogP contribution >= 0.6 is 0 Å². The zero-order valence-electron chi connectivity index (χ0n) is 17.6. The normalized spacial score (nSPS) is 13.1. The van der Waals surface area contributed by atoms with Crippen molar-refractivity contribution in [1.82, 2.24) is 4.98 Å². The highest BCUT2D eigenvalue weighted by molar-refractivity contribution is 5.92. The average molecular weight is 443 g/mol. The van der Waals surface area contributed by atoms with Crippen LogP contribution in [0, 0.1) is 0 Å². The fraction of sp³-hybridized carbons (Fsp3) is 0.154. The van der Waals surface area contributed by atoms with Crippen LogP contribution in [0.2, 0.25) is 0 Å². The van der Waals surface area contributed by atoms with Crippen LogP contribution in [0.1, 0.15) is 28.2 Å². The number of aromatic nitrogens is 1. The van der Waals surface area contributed by atoms with E-state index in [1.54, 1.807) is 24.4 Å². The number of aliphatic carboxylic acids is 1. The Hall–Kier alpha value is -4.26. The maximum absolute atomic E-state index is 12.3. The number of carboxylic acid groups (broad SMARTS) is 1. The first-order valence-electron chi connectivity index (χ1n) is 10.5. The predicted octanol–water partition coefficient (Wildman–Crippen LogP) is 4.40. The van der Waals surface area contributed by atoms with E-state index < -0.39 is 11.9 Å². The molecule has 7 heteroatoms. The second-order valence-corrected chi connectivity index (χ2v) is 7.83. The summed E-state index contributed by atoms with van der Waals surface area (Å²) in [5, 5.41) is 10.8. The lowest BCUT2D eigenvalue weighted by Crippen LogP contribution is -2.12. The van der Waals surface area contributed by atoms with Gasteiger partial charge in [-0.25, -0.2) is 0 Å². The SMILES string of the molecule is O=C(Cc1ccc2c(C(C(=O)O)c3ccc4c(c3)OCO4)c[nH]c2c1)OCc1ccccc1. The van der Waals surface area contributed by atoms with Gasteiger partial charge in [0, 0.05) is 17.1 Å². The molecule has 1 aliphatic rings. The summed E-state index contributed by atoms with van der Waals surface area (Å²) in [6, 6.07) is 20.2. The number of nitrogens with one attached hydrogen (secondary N) is 1. The number of hydrogen-bond donors (Lipinski definition) is 2. The number of benzene rings is 3. The summed E-state index contributed by atoms with van der Waals surface area (Å²) in [7, 11) is 0. The zero-order chi connectivity index (χ0) is 22.8. The van der Waals surface area contributed by atoms with Crippen LogP contribution in [0.25, 0.3) is 10.9 Å². The molecule has 0 saturated carbocycles. The molecule has 3 aromatic carbocycles. The Labute approximate surface area is 189 Å². The summed E-state index contributed by atoms with van der Waals surface area (Å²) >= 11 is 0. The van der Waals surface area contributed by atoms with E-state index >= 15 is 0 Å². The highest BCUT2D eigenvalue weighted by Gasteiger charge is 2.27. The number of rotatable bonds is 7. The minimum Gasteiger partial charge on any atom is -0.481 e. The van der Waals surface area contributed by atoms with Gasteiger partial charge in [0.25, 0.3) is 0 Å². The Morgan fingerprint density at radius 2 is 1.79 bits per heavy atom. The maximum atomic E-state index is 12.3. The molecule has 4 aromatic rings. The largest absolute Gasteiger partial charge is 0.481 e. The standard InChI is InChI=1S/C26H21NO6/c28-24(31-14-16-4-2-1-3-5-16)11-17-6-8-19-20(13-27-21(19)10-17)25(26(29)30)18-7-9-22-23(12-18)33-15-32-22/h1-10,12-13,25,27H,11,14-15H2,(H,29,30). The molecule has 33 heavy (non-hydrogen) atoms. The maximum Gasteiger partial charge on any atom is 0.315 e. The van der Waals surface area contributed by atoms with E-state index in [-0.39, 0.29) is 25.8 Å². The highest BCUT2D eigenvalue weighted by atomic mass is 16.7. The smallest absolute Gasteiger partial charge is 0.315 e. The van der Waals surface area contributed by atoms with Gasteiger partial charge in [0.05, 0.1) is 6.42 Å². The Morgan fingerprint density at radius 3 is 2.61 bits per heavy atom. The Morgan fingerprint density at radius 1 is 0.970 bits per heavy atom. The molecule has 0 fully saturated rings. The first-order chi connectivity index (χ1) is 16.1. The van der Waals surface area contributed by atoms with Crippen molar-refractivity contribution in [2.75, 3.05) is 6.79 Å². The van der Waals surface area contributed by atoms with Gasteiger partial charge in [0.2, 0.25) is 6.79 Å². The third kappa shape index (κ3) is 4.25. The number of H-pyrrole nitrogens is 1. The van der Waals surface area contributed by atoms with Crippen molar-refractivity contribution in [2.24, 2.45) is 0 Å². The monoisotopic (exact) mass is 443 g/mol. The van der Waals surface area contributed by atoms with Crippen molar-refractivity contribution in [3.8, 4) is 11.5 Å². The lowest BCUT2D eigenvalue weighted by atomic mass is 9.90. The Kier molecular flexibility index (Phi) is 5.44. The minimum absolute atomic E-state index is 0.125. The first-order valence-corrected chi connectivity index (χ1v) is 10.5. The van der Waals surface area contributed by atoms with Crippen LogP contribution in [0.15, 0.2) is 72.9 Å². The molecule has 0 radical (unpaired) electrons. The van der Waals surface area contributed by atoms with Crippen LogP contribution in [-0.4, -0.2) is 28.8 Å². The van der Waals surface area contributed by atoms with Crippen molar-refractivity contribution in [2.45, 2.75) is 18.9 Å². The fourth-order valence-electron chi connectivity index (χ4n) is 4.05. The minimum atomic E-state index is -0.969. The van der Waals surface area contributed by atoms with E-state index in [4.69, 9.17) is 14.2 Å². The van der Waals surface area contributed by atoms with Crippen molar-refractivity contribution >= 4 is 22.8 Å². The van der Waals surface area contributed by atoms with E-state index in [9.17, 15) is 14.7 Å². The number of fused-ring (bicyclic) bond motifs is 2. The van der Waals surface area contributed by atoms with Gasteiger partial charge < -0.3 is 24.3 Å². The number of aromatic amines is 1. The number of hydrogen-bond acceptors (Lipinski definition) is 5. The number of carboxylic acids is 1. The molecule has 166 valence electrons. The van der Waals surface area contributed by atoms with E-state index in [0.717, 1.165) is 22.0 Å². The molecular weight excluding hydrogens is 422 g/mol. The topological polar surface area (TPSA) is 97.9 Å². The summed E-state index contributed by atoms with van der Waals surface area (Å²) in [5.41, 5.74) is 3.70. The number of esters is 1. The molecule has 0 spiro atoms. The van der Waals surface area contributed by atoms with E-state index in [1.165, 1.54) is 0 Å². The van der Waals surface area contributed by atoms with E-state index in [0.29, 0.717) is 22.6 Å². The highest BCUT2D eigenvalue weighted by Crippen LogP contribution is 2.38. The molecule has 1 aromatic heterocycles. The molecule has 0 saturated heterocycles. The quantitative estimate of drug-likeness (QED) is 0.411. The van der Waals surface area contributed by atoms with Gasteiger partial charge in [-0.15, -0.1) is 0 Å². The van der Waals surface area contributed by atoms with Gasteiger partial charge in [-0.05, 0) is 40.5 Å². The van der Waals surface area contributed by atoms with Gasteiger partial charge in [-0.3, -0.25) is 9.59 Å². The van der Waals surface area contributed by atoms with Crippen molar-refractivity contribution in [1.29, 1.82) is 0 Å². The third-order valence-corrected chi connectivity index (χ3v) is 5.66. The predicted molar refractivity (Wildman–Crippen MR) is 120 cm³/mol. The third-order valence-electron chi connectivity index (χ3n) is 5.66. The molecule has 0 bridgehead atoms. The number of carbonyl (C=O) groups is 2. The zero-order valence-corrected chi connectivity index (χ0v) is 17.6. The van der Waals surface area contributed by atoms with Crippen LogP contribution in [0.4, 0.5) is 0 Å². The Bertz CT molecular complexity index is 1330.